The van der Waals surface area contributed by atoms with Gasteiger partial charge in [0.15, 0.2) is 0 Å². The molecule has 0 bridgehead atoms. The number of nitrogens with zero attached hydrogens (tertiary/aromatic N) is 1. The lowest BCUT2D eigenvalue weighted by Crippen LogP contribution is -2.48. The van der Waals surface area contributed by atoms with Gasteiger partial charge in [-0.2, -0.15) is 0 Å². The third kappa shape index (κ3) is 3.90. The summed E-state index contributed by atoms with van der Waals surface area (Å²) in [5.41, 5.74) is -0.936. The van der Waals surface area contributed by atoms with Gasteiger partial charge < -0.3 is 10.6 Å². The molecule has 144 valence electrons. The van der Waals surface area contributed by atoms with E-state index in [1.807, 2.05) is 0 Å². The fourth-order valence-electron chi connectivity index (χ4n) is 3.49. The van der Waals surface area contributed by atoms with E-state index in [-0.39, 0.29) is 6.04 Å². The quantitative estimate of drug-likeness (QED) is 0.680. The van der Waals surface area contributed by atoms with E-state index >= 15 is 0 Å². The summed E-state index contributed by atoms with van der Waals surface area (Å²) in [7, 11) is 0. The lowest BCUT2D eigenvalue weighted by Gasteiger charge is -2.23. The van der Waals surface area contributed by atoms with Gasteiger partial charge in [-0.15, -0.1) is 0 Å². The minimum absolute atomic E-state index is 0.0537. The number of hydrogen-bond acceptors (Lipinski definition) is 4. The van der Waals surface area contributed by atoms with Crippen LogP contribution in [0.15, 0.2) is 24.3 Å². The molecule has 0 unspecified atom stereocenters. The van der Waals surface area contributed by atoms with E-state index < -0.39 is 36.0 Å². The molecule has 3 rings (SSSR count). The molecule has 1 saturated heterocycles. The Balaban J connectivity index is 1.64. The molecule has 1 atom stereocenters. The third-order valence-corrected chi connectivity index (χ3v) is 5.26. The van der Waals surface area contributed by atoms with E-state index in [1.54, 1.807) is 24.3 Å². The molecule has 1 aliphatic carbocycles. The molecule has 3 N–H and O–H groups in total. The Hall–Kier alpha value is -2.61. The number of imide groups is 2. The van der Waals surface area contributed by atoms with Crippen LogP contribution in [-0.2, 0) is 15.1 Å². The van der Waals surface area contributed by atoms with Crippen molar-refractivity contribution in [1.29, 1.82) is 0 Å². The van der Waals surface area contributed by atoms with Crippen LogP contribution in [0.2, 0.25) is 5.02 Å². The number of amides is 6. The molecular formula is C18H21ClN4O4. The number of urea groups is 2. The summed E-state index contributed by atoms with van der Waals surface area (Å²) < 4.78 is 0. The molecule has 1 saturated carbocycles. The fourth-order valence-corrected chi connectivity index (χ4v) is 3.82. The first kappa shape index (κ1) is 19.2. The van der Waals surface area contributed by atoms with Crippen molar-refractivity contribution in [1.82, 2.24) is 20.9 Å². The molecule has 6 amide bonds. The number of nitrogens with one attached hydrogen (secondary N) is 3. The Morgan fingerprint density at radius 2 is 1.93 bits per heavy atom. The van der Waals surface area contributed by atoms with Crippen LogP contribution in [0.5, 0.6) is 0 Å². The van der Waals surface area contributed by atoms with Gasteiger partial charge in [0.2, 0.25) is 5.91 Å². The molecular weight excluding hydrogens is 372 g/mol. The molecule has 0 radical (unpaired) electrons. The number of halogens is 1. The van der Waals surface area contributed by atoms with Gasteiger partial charge in [0, 0.05) is 16.6 Å². The van der Waals surface area contributed by atoms with Crippen LogP contribution < -0.4 is 16.0 Å². The zero-order chi connectivity index (χ0) is 19.6. The third-order valence-electron chi connectivity index (χ3n) is 4.93. The highest BCUT2D eigenvalue weighted by Gasteiger charge is 2.50. The summed E-state index contributed by atoms with van der Waals surface area (Å²) in [5.74, 6) is -1.34. The maximum atomic E-state index is 12.8. The lowest BCUT2D eigenvalue weighted by atomic mass is 9.92. The van der Waals surface area contributed by atoms with Gasteiger partial charge in [0.25, 0.3) is 5.91 Å². The summed E-state index contributed by atoms with van der Waals surface area (Å²) in [5, 5.41) is 7.79. The van der Waals surface area contributed by atoms with E-state index in [4.69, 9.17) is 11.6 Å². The van der Waals surface area contributed by atoms with Crippen LogP contribution in [0.3, 0.4) is 0 Å². The Labute approximate surface area is 161 Å². The summed E-state index contributed by atoms with van der Waals surface area (Å²) in [6.07, 6.45) is 3.85. The Bertz CT molecular complexity index is 793. The van der Waals surface area contributed by atoms with E-state index in [2.05, 4.69) is 16.0 Å². The molecule has 2 fully saturated rings. The van der Waals surface area contributed by atoms with Crippen molar-refractivity contribution in [2.24, 2.45) is 0 Å². The monoisotopic (exact) mass is 392 g/mol. The Morgan fingerprint density at radius 1 is 1.26 bits per heavy atom. The predicted molar refractivity (Wildman–Crippen MR) is 98.0 cm³/mol. The average molecular weight is 393 g/mol. The second kappa shape index (κ2) is 7.56. The SMILES string of the molecule is C[C@]1(c2ccccc2Cl)NC(=O)N(CC(=O)NC(=O)NC2CCCC2)C1=O. The second-order valence-electron chi connectivity index (χ2n) is 6.93. The van der Waals surface area contributed by atoms with E-state index in [0.717, 1.165) is 30.6 Å². The van der Waals surface area contributed by atoms with Crippen LogP contribution in [0, 0.1) is 0 Å². The molecule has 1 heterocycles. The molecule has 9 heteroatoms. The van der Waals surface area contributed by atoms with Crippen molar-refractivity contribution < 1.29 is 19.2 Å². The molecule has 0 aromatic heterocycles. The first-order valence-corrected chi connectivity index (χ1v) is 9.18. The van der Waals surface area contributed by atoms with Crippen LogP contribution in [0.25, 0.3) is 0 Å². The second-order valence-corrected chi connectivity index (χ2v) is 7.34. The molecule has 1 aromatic rings. The van der Waals surface area contributed by atoms with Crippen molar-refractivity contribution in [2.75, 3.05) is 6.54 Å². The smallest absolute Gasteiger partial charge is 0.325 e. The maximum Gasteiger partial charge on any atom is 0.325 e. The van der Waals surface area contributed by atoms with Crippen LogP contribution >= 0.6 is 11.6 Å². The molecule has 1 aromatic carbocycles. The molecule has 2 aliphatic rings. The zero-order valence-corrected chi connectivity index (χ0v) is 15.6. The average Bonchev–Trinajstić information content (AvgIpc) is 3.18. The lowest BCUT2D eigenvalue weighted by molar-refractivity contribution is -0.134. The summed E-state index contributed by atoms with van der Waals surface area (Å²) in [4.78, 5) is 49.8. The van der Waals surface area contributed by atoms with Gasteiger partial charge in [-0.05, 0) is 25.8 Å². The van der Waals surface area contributed by atoms with Gasteiger partial charge in [0.1, 0.15) is 12.1 Å². The van der Waals surface area contributed by atoms with Crippen molar-refractivity contribution >= 4 is 35.5 Å². The fraction of sp³-hybridized carbons (Fsp3) is 0.444. The summed E-state index contributed by atoms with van der Waals surface area (Å²) in [6, 6.07) is 5.39. The van der Waals surface area contributed by atoms with Gasteiger partial charge >= 0.3 is 12.1 Å². The molecule has 8 nitrogen and oxygen atoms in total. The largest absolute Gasteiger partial charge is 0.335 e. The molecule has 0 spiro atoms. The van der Waals surface area contributed by atoms with E-state index in [9.17, 15) is 19.2 Å². The first-order chi connectivity index (χ1) is 12.8. The Kier molecular flexibility index (Phi) is 5.36. The first-order valence-electron chi connectivity index (χ1n) is 8.80. The van der Waals surface area contributed by atoms with Crippen molar-refractivity contribution in [3.63, 3.8) is 0 Å². The Morgan fingerprint density at radius 3 is 2.59 bits per heavy atom. The minimum Gasteiger partial charge on any atom is -0.335 e. The van der Waals surface area contributed by atoms with Crippen molar-refractivity contribution in [3.05, 3.63) is 34.9 Å². The minimum atomic E-state index is -1.37. The maximum absolute atomic E-state index is 12.8. The number of carbonyl (C=O) groups excluding carboxylic acids is 4. The van der Waals surface area contributed by atoms with E-state index in [1.165, 1.54) is 6.92 Å². The number of carbonyl (C=O) groups is 4. The van der Waals surface area contributed by atoms with Gasteiger partial charge in [-0.3, -0.25) is 19.8 Å². The summed E-state index contributed by atoms with van der Waals surface area (Å²) >= 11 is 6.16. The number of hydrogen-bond donors (Lipinski definition) is 3. The molecule has 27 heavy (non-hydrogen) atoms. The number of benzene rings is 1. The highest BCUT2D eigenvalue weighted by Crippen LogP contribution is 2.33. The van der Waals surface area contributed by atoms with Crippen molar-refractivity contribution in [3.8, 4) is 0 Å². The van der Waals surface area contributed by atoms with Crippen molar-refractivity contribution in [2.45, 2.75) is 44.2 Å². The van der Waals surface area contributed by atoms with Gasteiger partial charge in [-0.25, -0.2) is 9.59 Å². The normalized spacial score (nSPS) is 22.7. The standard InChI is InChI=1S/C18H21ClN4O4/c1-18(12-8-4-5-9-13(12)19)15(25)23(17(27)22-18)10-14(24)21-16(26)20-11-6-2-3-7-11/h4-5,8-9,11H,2-3,6-7,10H2,1H3,(H,22,27)(H2,20,21,24,26)/t18-/m1/s1. The predicted octanol–water partition coefficient (Wildman–Crippen LogP) is 1.88. The summed E-state index contributed by atoms with van der Waals surface area (Å²) in [6.45, 7) is 0.974. The highest BCUT2D eigenvalue weighted by molar-refractivity contribution is 6.32. The zero-order valence-electron chi connectivity index (χ0n) is 14.9. The number of rotatable bonds is 4. The topological polar surface area (TPSA) is 108 Å². The van der Waals surface area contributed by atoms with Gasteiger partial charge in [-0.1, -0.05) is 42.6 Å². The molecule has 1 aliphatic heterocycles. The van der Waals surface area contributed by atoms with Crippen LogP contribution in [-0.4, -0.2) is 41.4 Å². The van der Waals surface area contributed by atoms with Gasteiger partial charge in [0.05, 0.1) is 0 Å². The van der Waals surface area contributed by atoms with Crippen LogP contribution in [0.4, 0.5) is 9.59 Å². The van der Waals surface area contributed by atoms with E-state index in [0.29, 0.717) is 10.6 Å². The van der Waals surface area contributed by atoms with Crippen LogP contribution in [0.1, 0.15) is 38.2 Å². The highest BCUT2D eigenvalue weighted by atomic mass is 35.5.